The second-order valence-electron chi connectivity index (χ2n) is 7.28. The molecule has 3 rings (SSSR count). The van der Waals surface area contributed by atoms with Crippen LogP contribution in [-0.4, -0.2) is 65.2 Å². The van der Waals surface area contributed by atoms with E-state index in [1.165, 1.54) is 0 Å². The number of nitrogens with zero attached hydrogens (tertiary/aromatic N) is 4. The maximum absolute atomic E-state index is 12.8. The van der Waals surface area contributed by atoms with Gasteiger partial charge in [-0.15, -0.1) is 0 Å². The number of piperazine rings is 1. The lowest BCUT2D eigenvalue weighted by Crippen LogP contribution is -2.50. The minimum Gasteiger partial charge on any atom is -0.371 e. The molecule has 1 unspecified atom stereocenters. The summed E-state index contributed by atoms with van der Waals surface area (Å²) < 4.78 is 10.8. The van der Waals surface area contributed by atoms with Gasteiger partial charge in [0.15, 0.2) is 5.82 Å². The molecule has 2 N–H and O–H groups in total. The Kier molecular flexibility index (Phi) is 6.61. The van der Waals surface area contributed by atoms with Crippen LogP contribution >= 0.6 is 0 Å². The SMILES string of the molecule is CCOC(C)c1noc(CN2CCN(C(=O)[C@@H]3CCC[C@@H]3CN)CC2)n1. The highest BCUT2D eigenvalue weighted by Gasteiger charge is 2.35. The monoisotopic (exact) mass is 365 g/mol. The minimum absolute atomic E-state index is 0.130. The second kappa shape index (κ2) is 8.92. The zero-order valence-electron chi connectivity index (χ0n) is 15.9. The highest BCUT2D eigenvalue weighted by Crippen LogP contribution is 2.32. The van der Waals surface area contributed by atoms with Gasteiger partial charge >= 0.3 is 0 Å². The number of ether oxygens (including phenoxy) is 1. The normalized spacial score (nSPS) is 25.6. The molecule has 146 valence electrons. The van der Waals surface area contributed by atoms with E-state index in [-0.39, 0.29) is 12.0 Å². The van der Waals surface area contributed by atoms with Gasteiger partial charge < -0.3 is 19.9 Å². The van der Waals surface area contributed by atoms with Gasteiger partial charge in [-0.3, -0.25) is 9.69 Å². The van der Waals surface area contributed by atoms with E-state index in [4.69, 9.17) is 15.0 Å². The number of aromatic nitrogens is 2. The lowest BCUT2D eigenvalue weighted by Gasteiger charge is -2.36. The molecular weight excluding hydrogens is 334 g/mol. The number of rotatable bonds is 7. The number of amides is 1. The molecule has 1 saturated carbocycles. The number of carbonyl (C=O) groups excluding carboxylic acids is 1. The molecule has 1 aliphatic heterocycles. The molecule has 0 radical (unpaired) electrons. The van der Waals surface area contributed by atoms with Crippen molar-refractivity contribution in [3.63, 3.8) is 0 Å². The molecule has 1 saturated heterocycles. The van der Waals surface area contributed by atoms with E-state index in [1.807, 2.05) is 18.7 Å². The van der Waals surface area contributed by atoms with Gasteiger partial charge in [0.25, 0.3) is 0 Å². The minimum atomic E-state index is -0.158. The van der Waals surface area contributed by atoms with Crippen LogP contribution in [0.5, 0.6) is 0 Å². The third kappa shape index (κ3) is 4.42. The molecule has 26 heavy (non-hydrogen) atoms. The molecule has 2 fully saturated rings. The molecule has 8 heteroatoms. The highest BCUT2D eigenvalue weighted by atomic mass is 16.5. The Morgan fingerprint density at radius 2 is 2.12 bits per heavy atom. The van der Waals surface area contributed by atoms with Crippen molar-refractivity contribution in [2.75, 3.05) is 39.3 Å². The van der Waals surface area contributed by atoms with Crippen molar-refractivity contribution in [1.29, 1.82) is 0 Å². The topological polar surface area (TPSA) is 97.7 Å². The first-order chi connectivity index (χ1) is 12.6. The maximum Gasteiger partial charge on any atom is 0.240 e. The fourth-order valence-electron chi connectivity index (χ4n) is 4.02. The van der Waals surface area contributed by atoms with Crippen LogP contribution in [0.4, 0.5) is 0 Å². The predicted molar refractivity (Wildman–Crippen MR) is 96.1 cm³/mol. The zero-order valence-corrected chi connectivity index (χ0v) is 15.9. The molecule has 3 atom stereocenters. The Morgan fingerprint density at radius 1 is 1.35 bits per heavy atom. The standard InChI is InChI=1S/C18H31N5O3/c1-3-25-13(2)17-20-16(26-21-17)12-22-7-9-23(10-8-22)18(24)15-6-4-5-14(15)11-19/h13-15H,3-12,19H2,1-2H3/t13?,14-,15-/m1/s1. The van der Waals surface area contributed by atoms with Crippen LogP contribution < -0.4 is 5.73 Å². The number of hydrogen-bond donors (Lipinski definition) is 1. The second-order valence-corrected chi connectivity index (χ2v) is 7.28. The third-order valence-corrected chi connectivity index (χ3v) is 5.59. The summed E-state index contributed by atoms with van der Waals surface area (Å²) >= 11 is 0. The molecule has 1 aromatic heterocycles. The van der Waals surface area contributed by atoms with Gasteiger partial charge in [0.1, 0.15) is 6.10 Å². The average Bonchev–Trinajstić information content (AvgIpc) is 3.31. The zero-order chi connectivity index (χ0) is 18.5. The smallest absolute Gasteiger partial charge is 0.240 e. The van der Waals surface area contributed by atoms with Gasteiger partial charge in [-0.25, -0.2) is 0 Å². The van der Waals surface area contributed by atoms with Crippen LogP contribution in [0.3, 0.4) is 0 Å². The van der Waals surface area contributed by atoms with Crippen molar-refractivity contribution in [3.05, 3.63) is 11.7 Å². The highest BCUT2D eigenvalue weighted by molar-refractivity contribution is 5.79. The van der Waals surface area contributed by atoms with Crippen molar-refractivity contribution in [3.8, 4) is 0 Å². The summed E-state index contributed by atoms with van der Waals surface area (Å²) in [6.45, 7) is 8.87. The molecule has 8 nitrogen and oxygen atoms in total. The molecule has 2 heterocycles. The number of hydrogen-bond acceptors (Lipinski definition) is 7. The summed E-state index contributed by atoms with van der Waals surface area (Å²) in [5.41, 5.74) is 5.83. The number of nitrogens with two attached hydrogens (primary N) is 1. The first-order valence-electron chi connectivity index (χ1n) is 9.77. The van der Waals surface area contributed by atoms with Gasteiger partial charge in [0, 0.05) is 38.7 Å². The Balaban J connectivity index is 1.47. The lowest BCUT2D eigenvalue weighted by atomic mass is 9.94. The van der Waals surface area contributed by atoms with Crippen LogP contribution in [-0.2, 0) is 16.1 Å². The fraction of sp³-hybridized carbons (Fsp3) is 0.833. The summed E-state index contributed by atoms with van der Waals surface area (Å²) in [4.78, 5) is 21.5. The summed E-state index contributed by atoms with van der Waals surface area (Å²) in [6.07, 6.45) is 3.04. The van der Waals surface area contributed by atoms with E-state index < -0.39 is 0 Å². The Hall–Kier alpha value is -1.51. The first-order valence-corrected chi connectivity index (χ1v) is 9.77. The molecule has 2 aliphatic rings. The summed E-state index contributed by atoms with van der Waals surface area (Å²) in [6, 6.07) is 0. The van der Waals surface area contributed by atoms with E-state index in [0.717, 1.165) is 45.4 Å². The van der Waals surface area contributed by atoms with Crippen molar-refractivity contribution >= 4 is 5.91 Å². The van der Waals surface area contributed by atoms with Crippen molar-refractivity contribution < 1.29 is 14.1 Å². The van der Waals surface area contributed by atoms with Gasteiger partial charge in [-0.2, -0.15) is 4.98 Å². The summed E-state index contributed by atoms with van der Waals surface area (Å²) in [5.74, 6) is 1.98. The Morgan fingerprint density at radius 3 is 2.81 bits per heavy atom. The van der Waals surface area contributed by atoms with E-state index >= 15 is 0 Å². The van der Waals surface area contributed by atoms with Crippen LogP contribution in [0.2, 0.25) is 0 Å². The predicted octanol–water partition coefficient (Wildman–Crippen LogP) is 1.19. The summed E-state index contributed by atoms with van der Waals surface area (Å²) in [7, 11) is 0. The summed E-state index contributed by atoms with van der Waals surface area (Å²) in [5, 5.41) is 4.00. The number of carbonyl (C=O) groups is 1. The Labute approximate surface area is 155 Å². The molecular formula is C18H31N5O3. The van der Waals surface area contributed by atoms with Crippen molar-refractivity contribution in [2.45, 2.75) is 45.8 Å². The molecule has 0 spiro atoms. The molecule has 0 bridgehead atoms. The van der Waals surface area contributed by atoms with Crippen molar-refractivity contribution in [1.82, 2.24) is 19.9 Å². The van der Waals surface area contributed by atoms with Gasteiger partial charge in [0.05, 0.1) is 6.54 Å². The molecule has 1 amide bonds. The van der Waals surface area contributed by atoms with Gasteiger partial charge in [0.2, 0.25) is 11.8 Å². The average molecular weight is 365 g/mol. The largest absolute Gasteiger partial charge is 0.371 e. The fourth-order valence-corrected chi connectivity index (χ4v) is 4.02. The van der Waals surface area contributed by atoms with Gasteiger partial charge in [-0.05, 0) is 39.2 Å². The van der Waals surface area contributed by atoms with Crippen LogP contribution in [0.15, 0.2) is 4.52 Å². The molecule has 1 aliphatic carbocycles. The Bertz CT molecular complexity index is 585. The van der Waals surface area contributed by atoms with E-state index in [9.17, 15) is 4.79 Å². The van der Waals surface area contributed by atoms with Crippen molar-refractivity contribution in [2.24, 2.45) is 17.6 Å². The quantitative estimate of drug-likeness (QED) is 0.775. The van der Waals surface area contributed by atoms with Crippen LogP contribution in [0.25, 0.3) is 0 Å². The molecule has 1 aromatic rings. The first kappa shape index (κ1) is 19.3. The van der Waals surface area contributed by atoms with E-state index in [1.54, 1.807) is 0 Å². The van der Waals surface area contributed by atoms with Crippen LogP contribution in [0, 0.1) is 11.8 Å². The third-order valence-electron chi connectivity index (χ3n) is 5.59. The van der Waals surface area contributed by atoms with E-state index in [0.29, 0.717) is 43.2 Å². The maximum atomic E-state index is 12.8. The molecule has 0 aromatic carbocycles. The van der Waals surface area contributed by atoms with E-state index in [2.05, 4.69) is 15.0 Å². The lowest BCUT2D eigenvalue weighted by molar-refractivity contribution is -0.138. The van der Waals surface area contributed by atoms with Crippen LogP contribution in [0.1, 0.15) is 50.9 Å². The van der Waals surface area contributed by atoms with Gasteiger partial charge in [-0.1, -0.05) is 11.6 Å².